The summed E-state index contributed by atoms with van der Waals surface area (Å²) in [5, 5.41) is 0. The molecule has 0 saturated carbocycles. The molecule has 2 heteroatoms. The van der Waals surface area contributed by atoms with Crippen LogP contribution in [0.2, 0.25) is 0 Å². The fourth-order valence-electron chi connectivity index (χ4n) is 0.608. The quantitative estimate of drug-likeness (QED) is 0.420. The molecule has 0 aromatic carbocycles. The number of rotatable bonds is 6. The highest BCUT2D eigenvalue weighted by Crippen LogP contribution is 1.95. The summed E-state index contributed by atoms with van der Waals surface area (Å²) < 4.78 is 10.3. The van der Waals surface area contributed by atoms with E-state index in [0.29, 0.717) is 6.61 Å². The van der Waals surface area contributed by atoms with E-state index in [1.165, 1.54) is 0 Å². The standard InChI is InChI=1S/C8H17O2/c1-4-6-7-10-8(3)9-5-2/h8H,2,4-7H2,1,3H3. The molecule has 1 radical (unpaired) electrons. The topological polar surface area (TPSA) is 18.5 Å². The number of ether oxygens (including phenoxy) is 2. The molecule has 0 fully saturated rings. The Morgan fingerprint density at radius 3 is 2.60 bits per heavy atom. The molecule has 0 spiro atoms. The zero-order valence-electron chi connectivity index (χ0n) is 6.93. The van der Waals surface area contributed by atoms with E-state index >= 15 is 0 Å². The van der Waals surface area contributed by atoms with Gasteiger partial charge in [0.05, 0.1) is 0 Å². The number of unbranched alkanes of at least 4 members (excludes halogenated alkanes) is 1. The Morgan fingerprint density at radius 2 is 2.10 bits per heavy atom. The molecule has 0 aliphatic rings. The molecule has 0 aliphatic carbocycles. The number of hydrogen-bond donors (Lipinski definition) is 0. The van der Waals surface area contributed by atoms with E-state index < -0.39 is 0 Å². The van der Waals surface area contributed by atoms with Crippen molar-refractivity contribution in [3.05, 3.63) is 6.92 Å². The highest BCUT2D eigenvalue weighted by Gasteiger charge is 1.97. The van der Waals surface area contributed by atoms with E-state index in [-0.39, 0.29) is 6.29 Å². The molecule has 10 heavy (non-hydrogen) atoms. The second-order valence-electron chi connectivity index (χ2n) is 2.16. The third-order valence-corrected chi connectivity index (χ3v) is 1.20. The van der Waals surface area contributed by atoms with Crippen LogP contribution in [-0.4, -0.2) is 19.5 Å². The highest BCUT2D eigenvalue weighted by atomic mass is 16.7. The molecule has 0 aliphatic heterocycles. The lowest BCUT2D eigenvalue weighted by Gasteiger charge is -2.11. The molecular weight excluding hydrogens is 128 g/mol. The second-order valence-corrected chi connectivity index (χ2v) is 2.16. The van der Waals surface area contributed by atoms with Crippen molar-refractivity contribution in [2.45, 2.75) is 33.0 Å². The van der Waals surface area contributed by atoms with Gasteiger partial charge in [0, 0.05) is 13.2 Å². The van der Waals surface area contributed by atoms with Gasteiger partial charge < -0.3 is 9.47 Å². The molecule has 1 atom stereocenters. The average Bonchev–Trinajstić information content (AvgIpc) is 1.89. The summed E-state index contributed by atoms with van der Waals surface area (Å²) in [6.07, 6.45) is 2.17. The first-order valence-corrected chi connectivity index (χ1v) is 3.83. The molecule has 0 amide bonds. The highest BCUT2D eigenvalue weighted by molar-refractivity contribution is 4.36. The van der Waals surface area contributed by atoms with E-state index in [2.05, 4.69) is 13.8 Å². The van der Waals surface area contributed by atoms with Crippen LogP contribution in [0.25, 0.3) is 0 Å². The maximum Gasteiger partial charge on any atom is 0.154 e. The van der Waals surface area contributed by atoms with Gasteiger partial charge in [-0.25, -0.2) is 0 Å². The van der Waals surface area contributed by atoms with Gasteiger partial charge >= 0.3 is 0 Å². The second kappa shape index (κ2) is 7.03. The molecule has 2 nitrogen and oxygen atoms in total. The molecule has 61 valence electrons. The molecule has 0 N–H and O–H groups in total. The Kier molecular flexibility index (Phi) is 6.98. The molecular formula is C8H17O2. The van der Waals surface area contributed by atoms with Gasteiger partial charge in [0.15, 0.2) is 6.29 Å². The normalized spacial score (nSPS) is 13.5. The van der Waals surface area contributed by atoms with E-state index in [1.54, 1.807) is 0 Å². The van der Waals surface area contributed by atoms with Crippen LogP contribution in [-0.2, 0) is 9.47 Å². The van der Waals surface area contributed by atoms with E-state index in [9.17, 15) is 0 Å². The van der Waals surface area contributed by atoms with Crippen molar-refractivity contribution >= 4 is 0 Å². The summed E-state index contributed by atoms with van der Waals surface area (Å²) in [4.78, 5) is 0. The van der Waals surface area contributed by atoms with Gasteiger partial charge in [-0.1, -0.05) is 13.3 Å². The summed E-state index contributed by atoms with van der Waals surface area (Å²) >= 11 is 0. The predicted molar refractivity (Wildman–Crippen MR) is 41.6 cm³/mol. The lowest BCUT2D eigenvalue weighted by atomic mass is 10.4. The summed E-state index contributed by atoms with van der Waals surface area (Å²) in [7, 11) is 0. The van der Waals surface area contributed by atoms with Gasteiger partial charge in [-0.05, 0) is 20.3 Å². The smallest absolute Gasteiger partial charge is 0.154 e. The Balaban J connectivity index is 2.97. The first-order chi connectivity index (χ1) is 4.81. The van der Waals surface area contributed by atoms with Crippen LogP contribution in [0.15, 0.2) is 0 Å². The van der Waals surface area contributed by atoms with Crippen LogP contribution in [0, 0.1) is 6.92 Å². The Morgan fingerprint density at radius 1 is 1.40 bits per heavy atom. The van der Waals surface area contributed by atoms with Gasteiger partial charge in [-0.3, -0.25) is 0 Å². The van der Waals surface area contributed by atoms with E-state index in [1.807, 2.05) is 6.92 Å². The lowest BCUT2D eigenvalue weighted by molar-refractivity contribution is -0.123. The van der Waals surface area contributed by atoms with Gasteiger partial charge in [0.25, 0.3) is 0 Å². The average molecular weight is 145 g/mol. The van der Waals surface area contributed by atoms with Gasteiger partial charge in [-0.15, -0.1) is 0 Å². The predicted octanol–water partition coefficient (Wildman–Crippen LogP) is 2.00. The van der Waals surface area contributed by atoms with E-state index in [0.717, 1.165) is 19.4 Å². The van der Waals surface area contributed by atoms with Crippen molar-refractivity contribution in [1.82, 2.24) is 0 Å². The third-order valence-electron chi connectivity index (χ3n) is 1.20. The van der Waals surface area contributed by atoms with Crippen LogP contribution in [0.4, 0.5) is 0 Å². The molecule has 0 bridgehead atoms. The molecule has 0 aromatic rings. The maximum absolute atomic E-state index is 5.26. The minimum absolute atomic E-state index is 0.0935. The summed E-state index contributed by atoms with van der Waals surface area (Å²) in [5.74, 6) is 0. The van der Waals surface area contributed by atoms with Gasteiger partial charge in [-0.2, -0.15) is 0 Å². The van der Waals surface area contributed by atoms with Crippen molar-refractivity contribution in [2.75, 3.05) is 13.2 Å². The van der Waals surface area contributed by atoms with Crippen LogP contribution in [0.1, 0.15) is 26.7 Å². The van der Waals surface area contributed by atoms with Gasteiger partial charge in [0.2, 0.25) is 0 Å². The van der Waals surface area contributed by atoms with Crippen LogP contribution >= 0.6 is 0 Å². The molecule has 0 saturated heterocycles. The summed E-state index contributed by atoms with van der Waals surface area (Å²) in [5.41, 5.74) is 0. The first-order valence-electron chi connectivity index (χ1n) is 3.83. The minimum Gasteiger partial charge on any atom is -0.353 e. The van der Waals surface area contributed by atoms with Crippen molar-refractivity contribution < 1.29 is 9.47 Å². The third kappa shape index (κ3) is 6.05. The fraction of sp³-hybridized carbons (Fsp3) is 0.875. The minimum atomic E-state index is -0.0935. The molecule has 0 heterocycles. The van der Waals surface area contributed by atoms with Crippen LogP contribution in [0.5, 0.6) is 0 Å². The molecule has 0 rings (SSSR count). The monoisotopic (exact) mass is 145 g/mol. The Labute approximate surface area is 63.5 Å². The Hall–Kier alpha value is -0.0800. The first kappa shape index (κ1) is 9.92. The van der Waals surface area contributed by atoms with E-state index in [4.69, 9.17) is 9.47 Å². The van der Waals surface area contributed by atoms with Gasteiger partial charge in [0.1, 0.15) is 0 Å². The zero-order chi connectivity index (χ0) is 7.82. The van der Waals surface area contributed by atoms with Crippen molar-refractivity contribution in [1.29, 1.82) is 0 Å². The van der Waals surface area contributed by atoms with Crippen LogP contribution in [0.3, 0.4) is 0 Å². The zero-order valence-corrected chi connectivity index (χ0v) is 6.93. The van der Waals surface area contributed by atoms with Crippen molar-refractivity contribution in [3.63, 3.8) is 0 Å². The SMILES string of the molecule is [CH2]COC(C)OCCCC. The molecule has 0 aromatic heterocycles. The van der Waals surface area contributed by atoms with Crippen molar-refractivity contribution in [3.8, 4) is 0 Å². The maximum atomic E-state index is 5.26. The Bertz CT molecular complexity index is 64.3. The summed E-state index contributed by atoms with van der Waals surface area (Å²) in [6.45, 7) is 8.85. The van der Waals surface area contributed by atoms with Crippen LogP contribution < -0.4 is 0 Å². The molecule has 1 unspecified atom stereocenters. The van der Waals surface area contributed by atoms with Crippen molar-refractivity contribution in [2.24, 2.45) is 0 Å². The summed E-state index contributed by atoms with van der Waals surface area (Å²) in [6, 6.07) is 0. The fourth-order valence-corrected chi connectivity index (χ4v) is 0.608. The lowest BCUT2D eigenvalue weighted by Crippen LogP contribution is -2.13. The largest absolute Gasteiger partial charge is 0.353 e. The number of hydrogen-bond acceptors (Lipinski definition) is 2.